The summed E-state index contributed by atoms with van der Waals surface area (Å²) in [6, 6.07) is 34.8. The van der Waals surface area contributed by atoms with Crippen molar-refractivity contribution in [1.29, 1.82) is 0 Å². The number of amides is 1. The molecule has 0 radical (unpaired) electrons. The van der Waals surface area contributed by atoms with Gasteiger partial charge in [0.15, 0.2) is 0 Å². The van der Waals surface area contributed by atoms with E-state index < -0.39 is 78.2 Å². The summed E-state index contributed by atoms with van der Waals surface area (Å²) >= 11 is 0. The summed E-state index contributed by atoms with van der Waals surface area (Å²) in [5, 5.41) is 0. The Hall–Kier alpha value is -4.62. The second-order valence-corrected chi connectivity index (χ2v) is 15.6. The Kier molecular flexibility index (Phi) is 12.3. The van der Waals surface area contributed by atoms with Gasteiger partial charge in [-0.05, 0) is 66.9 Å². The maximum Gasteiger partial charge on any atom is 0.378 e. The highest BCUT2D eigenvalue weighted by atomic mass is 19.4. The lowest BCUT2D eigenvalue weighted by molar-refractivity contribution is -0.368. The number of hydrogen-bond donors (Lipinski definition) is 1. The summed E-state index contributed by atoms with van der Waals surface area (Å²) in [5.41, 5.74) is 5.80. The summed E-state index contributed by atoms with van der Waals surface area (Å²) < 4.78 is 122. The van der Waals surface area contributed by atoms with Crippen LogP contribution in [0.1, 0.15) is 54.9 Å². The maximum absolute atomic E-state index is 15.3. The van der Waals surface area contributed by atoms with E-state index in [1.54, 1.807) is 121 Å². The zero-order valence-corrected chi connectivity index (χ0v) is 32.1. The molecule has 2 aliphatic rings. The smallest absolute Gasteiger partial charge is 0.369 e. The first kappa shape index (κ1) is 43.0. The minimum Gasteiger partial charge on any atom is -0.369 e. The molecular formula is C45H47F8N3O2. The number of Topliss-reactive ketones (excluding diaryl/α,β-unsaturated/α-hetero) is 1. The van der Waals surface area contributed by atoms with Crippen LogP contribution in [0, 0.1) is 11.8 Å². The molecule has 0 saturated carbocycles. The number of alkyl halides is 8. The van der Waals surface area contributed by atoms with Gasteiger partial charge in [0.2, 0.25) is 5.91 Å². The summed E-state index contributed by atoms with van der Waals surface area (Å²) in [5.74, 6) is -25.9. The highest BCUT2D eigenvalue weighted by molar-refractivity contribution is 5.93. The number of nitrogens with zero attached hydrogens (tertiary/aromatic N) is 2. The Morgan fingerprint density at radius 1 is 0.534 bits per heavy atom. The van der Waals surface area contributed by atoms with Gasteiger partial charge in [0.1, 0.15) is 11.2 Å². The fourth-order valence-electron chi connectivity index (χ4n) is 9.41. The van der Waals surface area contributed by atoms with Gasteiger partial charge in [0.05, 0.1) is 5.41 Å². The first-order valence-electron chi connectivity index (χ1n) is 19.4. The Balaban J connectivity index is 1.13. The van der Waals surface area contributed by atoms with Gasteiger partial charge < -0.3 is 15.5 Å². The molecule has 4 aromatic carbocycles. The van der Waals surface area contributed by atoms with Gasteiger partial charge in [-0.3, -0.25) is 9.59 Å². The van der Waals surface area contributed by atoms with Crippen molar-refractivity contribution in [3.05, 3.63) is 144 Å². The van der Waals surface area contributed by atoms with E-state index in [-0.39, 0.29) is 38.4 Å². The van der Waals surface area contributed by atoms with E-state index in [4.69, 9.17) is 5.73 Å². The predicted octanol–water partition coefficient (Wildman–Crippen LogP) is 9.00. The molecule has 2 heterocycles. The van der Waals surface area contributed by atoms with Crippen LogP contribution in [-0.2, 0) is 20.4 Å². The summed E-state index contributed by atoms with van der Waals surface area (Å²) in [7, 11) is 0. The average molecular weight is 814 g/mol. The second-order valence-electron chi connectivity index (χ2n) is 15.6. The lowest BCUT2D eigenvalue weighted by Gasteiger charge is -2.39. The van der Waals surface area contributed by atoms with Crippen LogP contribution in [0.15, 0.2) is 121 Å². The second kappa shape index (κ2) is 16.6. The quantitative estimate of drug-likeness (QED) is 0.108. The van der Waals surface area contributed by atoms with Crippen molar-refractivity contribution < 1.29 is 44.7 Å². The maximum atomic E-state index is 15.3. The van der Waals surface area contributed by atoms with Crippen LogP contribution < -0.4 is 5.73 Å². The van der Waals surface area contributed by atoms with E-state index >= 15 is 35.1 Å². The molecule has 0 spiro atoms. The lowest BCUT2D eigenvalue weighted by Crippen LogP contribution is -2.63. The van der Waals surface area contributed by atoms with E-state index in [0.29, 0.717) is 28.7 Å². The van der Waals surface area contributed by atoms with Gasteiger partial charge in [0.25, 0.3) is 0 Å². The third kappa shape index (κ3) is 7.44. The summed E-state index contributed by atoms with van der Waals surface area (Å²) in [4.78, 5) is 29.6. The van der Waals surface area contributed by atoms with Crippen molar-refractivity contribution in [3.63, 3.8) is 0 Å². The molecule has 2 saturated heterocycles. The van der Waals surface area contributed by atoms with Crippen LogP contribution in [0.5, 0.6) is 0 Å². The number of nitrogens with two attached hydrogens (primary N) is 1. The standard InChI is InChI=1S/C45H47F8N3O2/c1-32(57)42(33-14-6-2-7-15-33,34-16-8-3-9-17-34)37-22-26-55(30-37)28-24-40(46,47)44(50,51)45(52,53)41(48,49)25-29-56-27-23-38(31-56)43(39(54)58,35-18-10-4-11-19-35)36-20-12-5-13-21-36/h2-21,37-38H,22-31H2,1H3,(H2,54,58). The number of benzene rings is 4. The molecule has 1 amide bonds. The Labute approximate surface area is 333 Å². The molecule has 0 aliphatic carbocycles. The number of hydrogen-bond acceptors (Lipinski definition) is 4. The van der Waals surface area contributed by atoms with Crippen molar-refractivity contribution in [2.45, 2.75) is 67.1 Å². The van der Waals surface area contributed by atoms with E-state index in [0.717, 1.165) is 0 Å². The number of ketones is 1. The minimum absolute atomic E-state index is 0.0000147. The highest BCUT2D eigenvalue weighted by Gasteiger charge is 2.79. The summed E-state index contributed by atoms with van der Waals surface area (Å²) in [6.45, 7) is -0.130. The molecule has 0 aromatic heterocycles. The van der Waals surface area contributed by atoms with E-state index in [9.17, 15) is 9.59 Å². The molecule has 5 nitrogen and oxygen atoms in total. The average Bonchev–Trinajstić information content (AvgIpc) is 3.89. The molecule has 58 heavy (non-hydrogen) atoms. The summed E-state index contributed by atoms with van der Waals surface area (Å²) in [6.07, 6.45) is -3.12. The molecule has 2 atom stereocenters. The van der Waals surface area contributed by atoms with E-state index in [1.165, 1.54) is 16.7 Å². The van der Waals surface area contributed by atoms with Crippen molar-refractivity contribution in [2.24, 2.45) is 17.6 Å². The van der Waals surface area contributed by atoms with E-state index in [1.807, 2.05) is 0 Å². The van der Waals surface area contributed by atoms with Crippen LogP contribution in [0.2, 0.25) is 0 Å². The molecule has 310 valence electrons. The Morgan fingerprint density at radius 2 is 0.828 bits per heavy atom. The van der Waals surface area contributed by atoms with Crippen molar-refractivity contribution >= 4 is 11.7 Å². The predicted molar refractivity (Wildman–Crippen MR) is 205 cm³/mol. The number of likely N-dealkylation sites (tertiary alicyclic amines) is 2. The van der Waals surface area contributed by atoms with Gasteiger partial charge in [-0.15, -0.1) is 0 Å². The van der Waals surface area contributed by atoms with Gasteiger partial charge in [-0.25, -0.2) is 0 Å². The van der Waals surface area contributed by atoms with Gasteiger partial charge >= 0.3 is 23.7 Å². The zero-order chi connectivity index (χ0) is 42.0. The largest absolute Gasteiger partial charge is 0.378 e. The minimum atomic E-state index is -6.41. The molecule has 2 unspecified atom stereocenters. The topological polar surface area (TPSA) is 66.6 Å². The fourth-order valence-corrected chi connectivity index (χ4v) is 9.41. The normalized spacial score (nSPS) is 19.1. The van der Waals surface area contributed by atoms with Crippen LogP contribution in [0.3, 0.4) is 0 Å². The molecule has 4 aromatic rings. The molecule has 0 bridgehead atoms. The van der Waals surface area contributed by atoms with Gasteiger partial charge in [-0.1, -0.05) is 121 Å². The molecule has 2 aliphatic heterocycles. The van der Waals surface area contributed by atoms with E-state index in [2.05, 4.69) is 0 Å². The number of carbonyl (C=O) groups excluding carboxylic acids is 2. The van der Waals surface area contributed by atoms with Crippen LogP contribution in [0.25, 0.3) is 0 Å². The SMILES string of the molecule is CC(=O)C(c1ccccc1)(c1ccccc1)C1CCN(CCC(F)(F)C(F)(F)C(F)(F)C(F)(F)CCN2CCC(C(C(N)=O)(c3ccccc3)c3ccccc3)C2)C1. The molecule has 13 heteroatoms. The zero-order valence-electron chi connectivity index (χ0n) is 32.1. The molecule has 2 fully saturated rings. The van der Waals surface area contributed by atoms with Crippen molar-refractivity contribution in [1.82, 2.24) is 9.80 Å². The third-order valence-corrected chi connectivity index (χ3v) is 12.4. The monoisotopic (exact) mass is 813 g/mol. The van der Waals surface area contributed by atoms with Crippen LogP contribution in [-0.4, -0.2) is 84.4 Å². The number of primary amides is 1. The van der Waals surface area contributed by atoms with Crippen LogP contribution in [0.4, 0.5) is 35.1 Å². The molecule has 2 N–H and O–H groups in total. The van der Waals surface area contributed by atoms with Gasteiger partial charge in [-0.2, -0.15) is 35.1 Å². The molecule has 6 rings (SSSR count). The number of halogens is 8. The lowest BCUT2D eigenvalue weighted by atomic mass is 9.63. The number of rotatable bonds is 17. The first-order chi connectivity index (χ1) is 27.4. The Morgan fingerprint density at radius 3 is 1.12 bits per heavy atom. The van der Waals surface area contributed by atoms with Gasteiger partial charge in [0, 0.05) is 39.0 Å². The number of carbonyl (C=O) groups is 2. The van der Waals surface area contributed by atoms with Crippen molar-refractivity contribution in [3.8, 4) is 0 Å². The molecular weight excluding hydrogens is 766 g/mol. The first-order valence-corrected chi connectivity index (χ1v) is 19.4. The van der Waals surface area contributed by atoms with Crippen LogP contribution >= 0.6 is 0 Å². The van der Waals surface area contributed by atoms with Crippen molar-refractivity contribution in [2.75, 3.05) is 39.3 Å². The Bertz CT molecular complexity index is 1780. The fraction of sp³-hybridized carbons (Fsp3) is 0.422. The third-order valence-electron chi connectivity index (χ3n) is 12.4. The highest BCUT2D eigenvalue weighted by Crippen LogP contribution is 2.55.